The lowest BCUT2D eigenvalue weighted by Crippen LogP contribution is -2.22. The summed E-state index contributed by atoms with van der Waals surface area (Å²) in [6, 6.07) is 21.7. The minimum Gasteiger partial charge on any atom is -0.508 e. The normalized spacial score (nSPS) is 11.3. The molecule has 132 valence electrons. The van der Waals surface area contributed by atoms with Crippen molar-refractivity contribution in [3.05, 3.63) is 99.0 Å². The van der Waals surface area contributed by atoms with Crippen molar-refractivity contribution in [1.82, 2.24) is 9.55 Å². The molecule has 0 aliphatic heterocycles. The van der Waals surface area contributed by atoms with Gasteiger partial charge in [-0.05, 0) is 60.2 Å². The number of para-hydroxylation sites is 1. The highest BCUT2D eigenvalue weighted by molar-refractivity contribution is 9.10. The molecule has 4 aromatic rings. The van der Waals surface area contributed by atoms with E-state index >= 15 is 0 Å². The minimum absolute atomic E-state index is 0.117. The first kappa shape index (κ1) is 17.2. The molecule has 1 aromatic heterocycles. The van der Waals surface area contributed by atoms with E-state index in [4.69, 9.17) is 0 Å². The summed E-state index contributed by atoms with van der Waals surface area (Å²) in [6.45, 7) is 0. The molecule has 5 heteroatoms. The van der Waals surface area contributed by atoms with Gasteiger partial charge in [-0.2, -0.15) is 0 Å². The number of hydrogen-bond acceptors (Lipinski definition) is 3. The van der Waals surface area contributed by atoms with E-state index in [9.17, 15) is 9.90 Å². The van der Waals surface area contributed by atoms with Crippen molar-refractivity contribution in [3.63, 3.8) is 0 Å². The van der Waals surface area contributed by atoms with E-state index < -0.39 is 0 Å². The Morgan fingerprint density at radius 3 is 2.33 bits per heavy atom. The summed E-state index contributed by atoms with van der Waals surface area (Å²) in [5.41, 5.74) is 2.18. The maximum absolute atomic E-state index is 13.1. The third-order valence-electron chi connectivity index (χ3n) is 4.20. The number of halogens is 1. The van der Waals surface area contributed by atoms with Gasteiger partial charge in [-0.1, -0.05) is 46.3 Å². The van der Waals surface area contributed by atoms with E-state index in [1.807, 2.05) is 54.6 Å². The SMILES string of the molecule is O=c1c2ccccc2nc(C=Cc2ccc(O)cc2)n1-c1ccc(Br)cc1. The van der Waals surface area contributed by atoms with Crippen LogP contribution in [-0.4, -0.2) is 14.7 Å². The number of phenols is 1. The molecular weight excluding hydrogens is 404 g/mol. The van der Waals surface area contributed by atoms with E-state index in [0.29, 0.717) is 16.7 Å². The maximum Gasteiger partial charge on any atom is 0.266 e. The second-order valence-electron chi connectivity index (χ2n) is 6.03. The fourth-order valence-electron chi connectivity index (χ4n) is 2.86. The third-order valence-corrected chi connectivity index (χ3v) is 4.73. The van der Waals surface area contributed by atoms with Crippen LogP contribution in [0.3, 0.4) is 0 Å². The second kappa shape index (κ2) is 7.21. The fourth-order valence-corrected chi connectivity index (χ4v) is 3.12. The molecule has 0 amide bonds. The van der Waals surface area contributed by atoms with Crippen molar-refractivity contribution < 1.29 is 5.11 Å². The Morgan fingerprint density at radius 2 is 1.59 bits per heavy atom. The van der Waals surface area contributed by atoms with Crippen LogP contribution in [-0.2, 0) is 0 Å². The molecule has 0 saturated heterocycles. The van der Waals surface area contributed by atoms with Gasteiger partial charge in [-0.25, -0.2) is 4.98 Å². The molecule has 0 atom stereocenters. The molecule has 0 fully saturated rings. The zero-order valence-corrected chi connectivity index (χ0v) is 15.8. The van der Waals surface area contributed by atoms with Crippen LogP contribution >= 0.6 is 15.9 Å². The van der Waals surface area contributed by atoms with Crippen LogP contribution in [0.4, 0.5) is 0 Å². The van der Waals surface area contributed by atoms with Gasteiger partial charge in [0.2, 0.25) is 0 Å². The average Bonchev–Trinajstić information content (AvgIpc) is 2.69. The van der Waals surface area contributed by atoms with Crippen LogP contribution in [0.15, 0.2) is 82.1 Å². The predicted octanol–water partition coefficient (Wildman–Crippen LogP) is 5.02. The molecule has 0 aliphatic carbocycles. The van der Waals surface area contributed by atoms with Crippen LogP contribution < -0.4 is 5.56 Å². The van der Waals surface area contributed by atoms with Crippen molar-refractivity contribution in [3.8, 4) is 11.4 Å². The molecule has 4 nitrogen and oxygen atoms in total. The van der Waals surface area contributed by atoms with Gasteiger partial charge in [-0.15, -0.1) is 0 Å². The lowest BCUT2D eigenvalue weighted by atomic mass is 10.2. The first-order chi connectivity index (χ1) is 13.1. The van der Waals surface area contributed by atoms with E-state index in [0.717, 1.165) is 15.7 Å². The summed E-state index contributed by atoms with van der Waals surface area (Å²) in [5.74, 6) is 0.747. The van der Waals surface area contributed by atoms with Crippen molar-refractivity contribution in [2.75, 3.05) is 0 Å². The first-order valence-electron chi connectivity index (χ1n) is 8.37. The molecule has 3 aromatic carbocycles. The summed E-state index contributed by atoms with van der Waals surface area (Å²) < 4.78 is 2.54. The van der Waals surface area contributed by atoms with Crippen molar-refractivity contribution >= 4 is 39.0 Å². The molecular formula is C22H15BrN2O2. The van der Waals surface area contributed by atoms with Gasteiger partial charge in [-0.3, -0.25) is 9.36 Å². The highest BCUT2D eigenvalue weighted by atomic mass is 79.9. The summed E-state index contributed by atoms with van der Waals surface area (Å²) in [7, 11) is 0. The van der Waals surface area contributed by atoms with Gasteiger partial charge in [0.1, 0.15) is 11.6 Å². The Balaban J connectivity index is 1.92. The third kappa shape index (κ3) is 3.55. The minimum atomic E-state index is -0.117. The average molecular weight is 419 g/mol. The molecule has 27 heavy (non-hydrogen) atoms. The standard InChI is InChI=1S/C22H15BrN2O2/c23-16-8-10-17(11-9-16)25-21(14-7-15-5-12-18(26)13-6-15)24-20-4-2-1-3-19(20)22(25)27/h1-14,26H. The molecule has 0 unspecified atom stereocenters. The lowest BCUT2D eigenvalue weighted by molar-refractivity contribution is 0.475. The molecule has 0 bridgehead atoms. The van der Waals surface area contributed by atoms with Crippen LogP contribution in [0.1, 0.15) is 11.4 Å². The van der Waals surface area contributed by atoms with Crippen molar-refractivity contribution in [2.24, 2.45) is 0 Å². The van der Waals surface area contributed by atoms with E-state index in [2.05, 4.69) is 20.9 Å². The predicted molar refractivity (Wildman–Crippen MR) is 112 cm³/mol. The van der Waals surface area contributed by atoms with Gasteiger partial charge in [0.05, 0.1) is 16.6 Å². The van der Waals surface area contributed by atoms with Gasteiger partial charge >= 0.3 is 0 Å². The van der Waals surface area contributed by atoms with E-state index in [1.165, 1.54) is 0 Å². The highest BCUT2D eigenvalue weighted by Crippen LogP contribution is 2.18. The first-order valence-corrected chi connectivity index (χ1v) is 9.16. The molecule has 0 spiro atoms. The van der Waals surface area contributed by atoms with Gasteiger partial charge in [0.25, 0.3) is 5.56 Å². The zero-order valence-electron chi connectivity index (χ0n) is 14.2. The topological polar surface area (TPSA) is 55.1 Å². The summed E-state index contributed by atoms with van der Waals surface area (Å²) in [6.07, 6.45) is 3.67. The van der Waals surface area contributed by atoms with Crippen molar-refractivity contribution in [1.29, 1.82) is 0 Å². The summed E-state index contributed by atoms with van der Waals surface area (Å²) in [4.78, 5) is 17.8. The summed E-state index contributed by atoms with van der Waals surface area (Å²) in [5, 5.41) is 10.00. The van der Waals surface area contributed by atoms with Crippen LogP contribution in [0, 0.1) is 0 Å². The molecule has 1 N–H and O–H groups in total. The number of aromatic hydroxyl groups is 1. The number of aromatic nitrogens is 2. The second-order valence-corrected chi connectivity index (χ2v) is 6.94. The smallest absolute Gasteiger partial charge is 0.266 e. The van der Waals surface area contributed by atoms with Gasteiger partial charge in [0, 0.05) is 4.47 Å². The molecule has 1 heterocycles. The highest BCUT2D eigenvalue weighted by Gasteiger charge is 2.10. The quantitative estimate of drug-likeness (QED) is 0.507. The molecule has 0 saturated carbocycles. The number of phenolic OH excluding ortho intramolecular Hbond substituents is 1. The zero-order chi connectivity index (χ0) is 18.8. The lowest BCUT2D eigenvalue weighted by Gasteiger charge is -2.11. The maximum atomic E-state index is 13.1. The van der Waals surface area contributed by atoms with Gasteiger partial charge < -0.3 is 5.11 Å². The number of fused-ring (bicyclic) bond motifs is 1. The summed E-state index contributed by atoms with van der Waals surface area (Å²) >= 11 is 3.42. The largest absolute Gasteiger partial charge is 0.508 e. The monoisotopic (exact) mass is 418 g/mol. The fraction of sp³-hybridized carbons (Fsp3) is 0. The Bertz CT molecular complexity index is 1190. The Kier molecular flexibility index (Phi) is 4.60. The number of rotatable bonds is 3. The van der Waals surface area contributed by atoms with Gasteiger partial charge in [0.15, 0.2) is 0 Å². The Hall–Kier alpha value is -3.18. The number of hydrogen-bond donors (Lipinski definition) is 1. The Morgan fingerprint density at radius 1 is 0.889 bits per heavy atom. The molecule has 0 aliphatic rings. The number of benzene rings is 3. The van der Waals surface area contributed by atoms with Crippen LogP contribution in [0.5, 0.6) is 5.75 Å². The molecule has 0 radical (unpaired) electrons. The van der Waals surface area contributed by atoms with Crippen LogP contribution in [0.2, 0.25) is 0 Å². The number of nitrogens with zero attached hydrogens (tertiary/aromatic N) is 2. The van der Waals surface area contributed by atoms with Crippen LogP contribution in [0.25, 0.3) is 28.7 Å². The van der Waals surface area contributed by atoms with E-state index in [-0.39, 0.29) is 11.3 Å². The van der Waals surface area contributed by atoms with E-state index in [1.54, 1.807) is 34.9 Å². The van der Waals surface area contributed by atoms with Crippen molar-refractivity contribution in [2.45, 2.75) is 0 Å². The molecule has 4 rings (SSSR count). The Labute approximate surface area is 164 Å².